The van der Waals surface area contributed by atoms with Gasteiger partial charge in [-0.25, -0.2) is 0 Å². The minimum Gasteiger partial charge on any atom is -0.295 e. The van der Waals surface area contributed by atoms with Crippen molar-refractivity contribution in [1.82, 2.24) is 0 Å². The lowest BCUT2D eigenvalue weighted by Crippen LogP contribution is -2.47. The first kappa shape index (κ1) is 15.9. The van der Waals surface area contributed by atoms with Crippen LogP contribution in [-0.4, -0.2) is 5.78 Å². The number of allylic oxidation sites excluding steroid dienone is 5. The predicted octanol–water partition coefficient (Wildman–Crippen LogP) is 5.10. The average molecular weight is 320 g/mol. The number of hydrogen-bond donors (Lipinski definition) is 0. The van der Waals surface area contributed by atoms with E-state index in [4.69, 9.17) is 0 Å². The third-order valence-electron chi connectivity index (χ3n) is 7.12. The molecule has 0 aromatic rings. The summed E-state index contributed by atoms with van der Waals surface area (Å²) in [4.78, 5) is 11.9. The summed E-state index contributed by atoms with van der Waals surface area (Å²) in [6.07, 6.45) is 13.7. The van der Waals surface area contributed by atoms with Gasteiger partial charge in [-0.05, 0) is 78.9 Å². The molecule has 2 fully saturated rings. The van der Waals surface area contributed by atoms with Crippen LogP contribution in [0.25, 0.3) is 0 Å². The molecule has 4 aliphatic carbocycles. The number of ketones is 1. The molecule has 0 heterocycles. The lowest BCUT2D eigenvalue weighted by Gasteiger charge is -2.53. The van der Waals surface area contributed by atoms with E-state index in [2.05, 4.69) is 37.5 Å². The van der Waals surface area contributed by atoms with Crippen LogP contribution >= 0.6 is 0 Å². The van der Waals surface area contributed by atoms with E-state index in [1.165, 1.54) is 31.3 Å². The van der Waals surface area contributed by atoms with Crippen LogP contribution in [0.1, 0.15) is 52.4 Å². The second-order valence-electron chi connectivity index (χ2n) is 8.78. The Balaban J connectivity index is 1.77. The molecule has 0 aromatic carbocycles. The van der Waals surface area contributed by atoms with Crippen LogP contribution in [0.15, 0.2) is 36.0 Å². The Hall–Kier alpha value is -1.55. The minimum atomic E-state index is 0.301. The molecule has 4 aliphatic rings. The molecule has 0 radical (unpaired) electrons. The van der Waals surface area contributed by atoms with Crippen molar-refractivity contribution in [2.75, 3.05) is 0 Å². The number of carbonyl (C=O) groups excluding carboxylic acids is 1. The van der Waals surface area contributed by atoms with E-state index in [0.717, 1.165) is 17.9 Å². The maximum Gasteiger partial charge on any atom is 0.155 e. The highest BCUT2D eigenvalue weighted by Crippen LogP contribution is 2.61. The van der Waals surface area contributed by atoms with E-state index in [0.29, 0.717) is 41.3 Å². The maximum atomic E-state index is 11.9. The number of rotatable bonds is 0. The quantitative estimate of drug-likeness (QED) is 0.568. The Labute approximate surface area is 146 Å². The summed E-state index contributed by atoms with van der Waals surface area (Å²) in [5.41, 5.74) is 2.69. The zero-order chi connectivity index (χ0) is 16.9. The Kier molecular flexibility index (Phi) is 3.83. The third kappa shape index (κ3) is 2.52. The molecule has 2 saturated carbocycles. The molecule has 0 unspecified atom stereocenters. The molecule has 0 amide bonds. The molecular formula is C23H28O. The molecule has 0 aliphatic heterocycles. The molecular weight excluding hydrogens is 292 g/mol. The van der Waals surface area contributed by atoms with E-state index in [1.807, 2.05) is 13.0 Å². The summed E-state index contributed by atoms with van der Waals surface area (Å²) >= 11 is 0. The van der Waals surface area contributed by atoms with Gasteiger partial charge in [-0.3, -0.25) is 4.79 Å². The minimum absolute atomic E-state index is 0.301. The van der Waals surface area contributed by atoms with Crippen LogP contribution in [0.3, 0.4) is 0 Å². The molecule has 126 valence electrons. The van der Waals surface area contributed by atoms with Gasteiger partial charge in [-0.2, -0.15) is 0 Å². The van der Waals surface area contributed by atoms with Gasteiger partial charge in [0.05, 0.1) is 0 Å². The zero-order valence-corrected chi connectivity index (χ0v) is 15.0. The molecule has 24 heavy (non-hydrogen) atoms. The highest BCUT2D eigenvalue weighted by molar-refractivity contribution is 5.92. The predicted molar refractivity (Wildman–Crippen MR) is 98.1 cm³/mol. The SMILES string of the molecule is C=C(C)C#C[C@H]1C[C@]2(C)CCC[C@H]2[C@@H]2C=CC3=CC(=O)CC[C@@H]3[C@H]21. The monoisotopic (exact) mass is 320 g/mol. The average Bonchev–Trinajstić information content (AvgIpc) is 2.93. The highest BCUT2D eigenvalue weighted by atomic mass is 16.1. The molecule has 6 atom stereocenters. The fourth-order valence-corrected chi connectivity index (χ4v) is 6.16. The lowest BCUT2D eigenvalue weighted by molar-refractivity contribution is -0.115. The van der Waals surface area contributed by atoms with Gasteiger partial charge in [0.2, 0.25) is 0 Å². The fraction of sp³-hybridized carbons (Fsp3) is 0.609. The summed E-state index contributed by atoms with van der Waals surface area (Å²) in [7, 11) is 0. The Morgan fingerprint density at radius 3 is 3.00 bits per heavy atom. The van der Waals surface area contributed by atoms with Gasteiger partial charge in [0.15, 0.2) is 5.78 Å². The van der Waals surface area contributed by atoms with Crippen molar-refractivity contribution in [2.24, 2.45) is 35.0 Å². The van der Waals surface area contributed by atoms with E-state index in [-0.39, 0.29) is 0 Å². The van der Waals surface area contributed by atoms with Gasteiger partial charge < -0.3 is 0 Å². The van der Waals surface area contributed by atoms with E-state index < -0.39 is 0 Å². The van der Waals surface area contributed by atoms with Crippen molar-refractivity contribution in [1.29, 1.82) is 0 Å². The van der Waals surface area contributed by atoms with Gasteiger partial charge in [0.25, 0.3) is 0 Å². The summed E-state index contributed by atoms with van der Waals surface area (Å²) in [6, 6.07) is 0. The van der Waals surface area contributed by atoms with Gasteiger partial charge in [-0.15, -0.1) is 0 Å². The molecule has 4 rings (SSSR count). The van der Waals surface area contributed by atoms with Gasteiger partial charge in [0, 0.05) is 12.3 Å². The number of fused-ring (bicyclic) bond motifs is 5. The maximum absolute atomic E-state index is 11.9. The van der Waals surface area contributed by atoms with Crippen LogP contribution in [0, 0.1) is 46.8 Å². The smallest absolute Gasteiger partial charge is 0.155 e. The second kappa shape index (κ2) is 5.76. The van der Waals surface area contributed by atoms with Crippen molar-refractivity contribution in [3.05, 3.63) is 36.0 Å². The highest BCUT2D eigenvalue weighted by Gasteiger charge is 2.54. The molecule has 1 nitrogen and oxygen atoms in total. The van der Waals surface area contributed by atoms with Crippen molar-refractivity contribution in [2.45, 2.75) is 52.4 Å². The molecule has 0 N–H and O–H groups in total. The van der Waals surface area contributed by atoms with Crippen molar-refractivity contribution in [3.63, 3.8) is 0 Å². The molecule has 0 saturated heterocycles. The van der Waals surface area contributed by atoms with Crippen LogP contribution in [0.2, 0.25) is 0 Å². The van der Waals surface area contributed by atoms with Crippen molar-refractivity contribution < 1.29 is 4.79 Å². The van der Waals surface area contributed by atoms with Crippen molar-refractivity contribution in [3.8, 4) is 11.8 Å². The van der Waals surface area contributed by atoms with E-state index >= 15 is 0 Å². The number of carbonyl (C=O) groups is 1. The zero-order valence-electron chi connectivity index (χ0n) is 15.0. The summed E-state index contributed by atoms with van der Waals surface area (Å²) in [5.74, 6) is 10.2. The fourth-order valence-electron chi connectivity index (χ4n) is 6.16. The van der Waals surface area contributed by atoms with Crippen LogP contribution in [0.5, 0.6) is 0 Å². The first-order valence-electron chi connectivity index (χ1n) is 9.58. The molecule has 1 heteroatoms. The van der Waals surface area contributed by atoms with E-state index in [9.17, 15) is 4.79 Å². The third-order valence-corrected chi connectivity index (χ3v) is 7.12. The van der Waals surface area contributed by atoms with Crippen LogP contribution in [0.4, 0.5) is 0 Å². The number of hydrogen-bond acceptors (Lipinski definition) is 1. The first-order chi connectivity index (χ1) is 11.5. The van der Waals surface area contributed by atoms with Gasteiger partial charge in [0.1, 0.15) is 0 Å². The van der Waals surface area contributed by atoms with Crippen molar-refractivity contribution >= 4 is 5.78 Å². The lowest BCUT2D eigenvalue weighted by atomic mass is 9.51. The van der Waals surface area contributed by atoms with Gasteiger partial charge in [-0.1, -0.05) is 43.9 Å². The Bertz CT molecular complexity index is 697. The Morgan fingerprint density at radius 1 is 1.38 bits per heavy atom. The topological polar surface area (TPSA) is 17.1 Å². The molecule has 0 bridgehead atoms. The van der Waals surface area contributed by atoms with Crippen LogP contribution < -0.4 is 0 Å². The summed E-state index contributed by atoms with van der Waals surface area (Å²) in [6.45, 7) is 8.47. The Morgan fingerprint density at radius 2 is 2.21 bits per heavy atom. The van der Waals surface area contributed by atoms with Gasteiger partial charge >= 0.3 is 0 Å². The normalized spacial score (nSPS) is 43.0. The second-order valence-corrected chi connectivity index (χ2v) is 8.78. The summed E-state index contributed by atoms with van der Waals surface area (Å²) in [5, 5.41) is 0. The first-order valence-corrected chi connectivity index (χ1v) is 9.58. The molecule has 0 spiro atoms. The standard InChI is InChI=1S/C23H28O/c1-15(2)6-7-17-14-23(3)12-4-5-21(23)20-10-8-16-13-18(24)9-11-19(16)22(17)20/h8,10,13,17,19-22H,1,4-5,9,11-12,14H2,2-3H3/t17-,19-,20-,21-,22+,23-/m0/s1. The largest absolute Gasteiger partial charge is 0.295 e. The summed E-state index contributed by atoms with van der Waals surface area (Å²) < 4.78 is 0. The van der Waals surface area contributed by atoms with E-state index in [1.54, 1.807) is 0 Å². The van der Waals surface area contributed by atoms with Crippen LogP contribution in [-0.2, 0) is 4.79 Å². The molecule has 0 aromatic heterocycles.